The van der Waals surface area contributed by atoms with Crippen LogP contribution in [0.5, 0.6) is 0 Å². The van der Waals surface area contributed by atoms with Gasteiger partial charge in [0.05, 0.1) is 5.02 Å². The van der Waals surface area contributed by atoms with Gasteiger partial charge in [0.15, 0.2) is 0 Å². The van der Waals surface area contributed by atoms with Crippen LogP contribution in [0.2, 0.25) is 5.02 Å². The van der Waals surface area contributed by atoms with Crippen LogP contribution in [0.3, 0.4) is 0 Å². The van der Waals surface area contributed by atoms with Gasteiger partial charge in [-0.1, -0.05) is 11.6 Å². The van der Waals surface area contributed by atoms with Crippen LogP contribution in [0.4, 0.5) is 10.9 Å². The van der Waals surface area contributed by atoms with Gasteiger partial charge < -0.3 is 5.32 Å². The quantitative estimate of drug-likeness (QED) is 0.856. The Labute approximate surface area is 90.1 Å². The molecule has 0 saturated heterocycles. The van der Waals surface area contributed by atoms with Gasteiger partial charge in [-0.2, -0.15) is 4.37 Å². The Morgan fingerprint density at radius 2 is 2.29 bits per heavy atom. The molecular formula is C8H7ClN4S. The largest absolute Gasteiger partial charge is 0.315 e. The van der Waals surface area contributed by atoms with Crippen molar-refractivity contribution in [3.8, 4) is 0 Å². The van der Waals surface area contributed by atoms with Crippen LogP contribution >= 0.6 is 23.1 Å². The van der Waals surface area contributed by atoms with Gasteiger partial charge in [-0.15, -0.1) is 0 Å². The molecular weight excluding hydrogens is 220 g/mol. The minimum absolute atomic E-state index is 0.615. The normalized spacial score (nSPS) is 10.1. The molecule has 0 fully saturated rings. The number of rotatable bonds is 2. The minimum atomic E-state index is 0.615. The zero-order chi connectivity index (χ0) is 9.97. The molecule has 0 aromatic carbocycles. The van der Waals surface area contributed by atoms with E-state index < -0.39 is 0 Å². The number of halogens is 1. The lowest BCUT2D eigenvalue weighted by atomic mass is 10.5. The van der Waals surface area contributed by atoms with Crippen LogP contribution in [0.1, 0.15) is 5.82 Å². The fourth-order valence-electron chi connectivity index (χ4n) is 0.907. The predicted molar refractivity (Wildman–Crippen MR) is 57.2 cm³/mol. The molecule has 2 aromatic heterocycles. The molecule has 14 heavy (non-hydrogen) atoms. The van der Waals surface area contributed by atoms with Gasteiger partial charge in [-0.25, -0.2) is 9.97 Å². The van der Waals surface area contributed by atoms with Gasteiger partial charge in [0.1, 0.15) is 11.6 Å². The number of aryl methyl sites for hydroxylation is 1. The van der Waals surface area contributed by atoms with Crippen molar-refractivity contribution >= 4 is 34.1 Å². The van der Waals surface area contributed by atoms with Crippen LogP contribution in [-0.2, 0) is 0 Å². The number of hydrogen-bond donors (Lipinski definition) is 1. The van der Waals surface area contributed by atoms with Crippen molar-refractivity contribution in [3.63, 3.8) is 0 Å². The lowest BCUT2D eigenvalue weighted by molar-refractivity contribution is 1.16. The number of nitrogens with zero attached hydrogens (tertiary/aromatic N) is 3. The minimum Gasteiger partial charge on any atom is -0.315 e. The van der Waals surface area contributed by atoms with Crippen LogP contribution < -0.4 is 5.32 Å². The number of nitrogens with one attached hydrogen (secondary N) is 1. The maximum absolute atomic E-state index is 5.70. The Morgan fingerprint density at radius 3 is 2.86 bits per heavy atom. The van der Waals surface area contributed by atoms with E-state index in [1.54, 1.807) is 18.3 Å². The van der Waals surface area contributed by atoms with E-state index in [0.717, 1.165) is 11.0 Å². The first kappa shape index (κ1) is 9.36. The number of pyridine rings is 1. The Balaban J connectivity index is 2.15. The average molecular weight is 227 g/mol. The van der Waals surface area contributed by atoms with Gasteiger partial charge in [-0.3, -0.25) is 0 Å². The highest BCUT2D eigenvalue weighted by Gasteiger charge is 2.00. The molecule has 0 aliphatic carbocycles. The molecule has 1 N–H and O–H groups in total. The second-order valence-electron chi connectivity index (χ2n) is 2.63. The summed E-state index contributed by atoms with van der Waals surface area (Å²) >= 11 is 7.01. The molecule has 2 heterocycles. The first-order valence-corrected chi connectivity index (χ1v) is 5.08. The van der Waals surface area contributed by atoms with E-state index in [-0.39, 0.29) is 0 Å². The summed E-state index contributed by atoms with van der Waals surface area (Å²) in [7, 11) is 0. The van der Waals surface area contributed by atoms with Crippen molar-refractivity contribution in [2.75, 3.05) is 5.32 Å². The predicted octanol–water partition coefficient (Wildman–Crippen LogP) is 2.64. The highest BCUT2D eigenvalue weighted by atomic mass is 35.5. The third kappa shape index (κ3) is 2.18. The van der Waals surface area contributed by atoms with Crippen LogP contribution in [0, 0.1) is 6.92 Å². The van der Waals surface area contributed by atoms with Crippen LogP contribution in [0.25, 0.3) is 0 Å². The van der Waals surface area contributed by atoms with E-state index in [2.05, 4.69) is 19.7 Å². The molecule has 2 rings (SSSR count). The average Bonchev–Trinajstić information content (AvgIpc) is 2.56. The fraction of sp³-hybridized carbons (Fsp3) is 0.125. The number of hydrogen-bond acceptors (Lipinski definition) is 5. The van der Waals surface area contributed by atoms with Gasteiger partial charge >= 0.3 is 0 Å². The van der Waals surface area contributed by atoms with Crippen molar-refractivity contribution in [1.82, 2.24) is 14.3 Å². The summed E-state index contributed by atoms with van der Waals surface area (Å²) in [6, 6.07) is 3.56. The second-order valence-corrected chi connectivity index (χ2v) is 3.82. The molecule has 0 spiro atoms. The van der Waals surface area contributed by atoms with Crippen molar-refractivity contribution in [1.29, 1.82) is 0 Å². The maximum atomic E-state index is 5.70. The van der Waals surface area contributed by atoms with E-state index in [4.69, 9.17) is 11.6 Å². The third-order valence-electron chi connectivity index (χ3n) is 1.49. The van der Waals surface area contributed by atoms with Gasteiger partial charge in [0.25, 0.3) is 0 Å². The molecule has 72 valence electrons. The second kappa shape index (κ2) is 3.89. The van der Waals surface area contributed by atoms with E-state index >= 15 is 0 Å². The first-order valence-electron chi connectivity index (χ1n) is 3.93. The zero-order valence-electron chi connectivity index (χ0n) is 7.36. The third-order valence-corrected chi connectivity index (χ3v) is 2.44. The zero-order valence-corrected chi connectivity index (χ0v) is 8.93. The monoisotopic (exact) mass is 226 g/mol. The Morgan fingerprint density at radius 1 is 1.43 bits per heavy atom. The summed E-state index contributed by atoms with van der Waals surface area (Å²) in [4.78, 5) is 8.23. The molecule has 0 atom stereocenters. The summed E-state index contributed by atoms with van der Waals surface area (Å²) in [6.07, 6.45) is 1.58. The Kier molecular flexibility index (Phi) is 2.60. The molecule has 0 aliphatic heterocycles. The van der Waals surface area contributed by atoms with E-state index in [1.807, 2.05) is 6.92 Å². The number of aromatic nitrogens is 3. The molecule has 0 amide bonds. The molecule has 2 aromatic rings. The Hall–Kier alpha value is -1.20. The maximum Gasteiger partial charge on any atom is 0.208 e. The molecule has 0 radical (unpaired) electrons. The molecule has 0 bridgehead atoms. The summed E-state index contributed by atoms with van der Waals surface area (Å²) in [5, 5.41) is 4.38. The van der Waals surface area contributed by atoms with E-state index in [1.165, 1.54) is 11.5 Å². The summed E-state index contributed by atoms with van der Waals surface area (Å²) in [5.74, 6) is 1.47. The smallest absolute Gasteiger partial charge is 0.208 e. The summed E-state index contributed by atoms with van der Waals surface area (Å²) in [6.45, 7) is 1.84. The lowest BCUT2D eigenvalue weighted by Crippen LogP contribution is -1.91. The van der Waals surface area contributed by atoms with E-state index in [9.17, 15) is 0 Å². The standard InChI is InChI=1S/C8H7ClN4S/c1-5-11-8(14-13-5)12-7-3-2-6(9)4-10-7/h2-4H,1H3,(H,10,11,12,13). The SMILES string of the molecule is Cc1nsc(Nc2ccc(Cl)cn2)n1. The Bertz CT molecular complexity index is 425. The molecule has 0 unspecified atom stereocenters. The van der Waals surface area contributed by atoms with E-state index in [0.29, 0.717) is 10.8 Å². The first-order chi connectivity index (χ1) is 6.74. The van der Waals surface area contributed by atoms with Gasteiger partial charge in [-0.05, 0) is 19.1 Å². The summed E-state index contributed by atoms with van der Waals surface area (Å²) in [5.41, 5.74) is 0. The highest BCUT2D eigenvalue weighted by Crippen LogP contribution is 2.17. The van der Waals surface area contributed by atoms with Crippen molar-refractivity contribution in [2.45, 2.75) is 6.92 Å². The van der Waals surface area contributed by atoms with Gasteiger partial charge in [0.2, 0.25) is 5.13 Å². The topological polar surface area (TPSA) is 50.7 Å². The van der Waals surface area contributed by atoms with Crippen molar-refractivity contribution < 1.29 is 0 Å². The van der Waals surface area contributed by atoms with Crippen LogP contribution in [0.15, 0.2) is 18.3 Å². The molecule has 6 heteroatoms. The molecule has 4 nitrogen and oxygen atoms in total. The van der Waals surface area contributed by atoms with Gasteiger partial charge in [0, 0.05) is 17.7 Å². The highest BCUT2D eigenvalue weighted by molar-refractivity contribution is 7.09. The van der Waals surface area contributed by atoms with Crippen LogP contribution in [-0.4, -0.2) is 14.3 Å². The molecule has 0 saturated carbocycles. The summed E-state index contributed by atoms with van der Waals surface area (Å²) < 4.78 is 4.04. The lowest BCUT2D eigenvalue weighted by Gasteiger charge is -1.99. The molecule has 0 aliphatic rings. The number of anilines is 2. The van der Waals surface area contributed by atoms with Crippen molar-refractivity contribution in [2.24, 2.45) is 0 Å². The van der Waals surface area contributed by atoms with Crippen molar-refractivity contribution in [3.05, 3.63) is 29.2 Å². The fourth-order valence-corrected chi connectivity index (χ4v) is 1.60.